The van der Waals surface area contributed by atoms with Crippen LogP contribution in [0.1, 0.15) is 43.6 Å². The van der Waals surface area contributed by atoms with Crippen LogP contribution in [0.3, 0.4) is 0 Å². The van der Waals surface area contributed by atoms with Crippen molar-refractivity contribution in [1.82, 2.24) is 19.9 Å². The Balaban J connectivity index is 1.54. The third-order valence-corrected chi connectivity index (χ3v) is 8.18. The monoisotopic (exact) mass is 617 g/mol. The van der Waals surface area contributed by atoms with Crippen molar-refractivity contribution in [2.45, 2.75) is 58.2 Å². The molecule has 2 fully saturated rings. The number of H-pyrrole nitrogens is 1. The molecule has 2 N–H and O–H groups in total. The number of rotatable bonds is 5. The van der Waals surface area contributed by atoms with Crippen molar-refractivity contribution in [3.05, 3.63) is 64.1 Å². The first kappa shape index (κ1) is 31.4. The molecule has 1 aromatic carbocycles. The van der Waals surface area contributed by atoms with E-state index in [-0.39, 0.29) is 35.5 Å². The number of carbonyl (C=O) groups is 1. The first-order valence-corrected chi connectivity index (χ1v) is 14.4. The number of likely N-dealkylation sites (N-methyl/N-ethyl adjacent to an activating group) is 1. The average molecular weight is 618 g/mol. The third kappa shape index (κ3) is 6.41. The fourth-order valence-corrected chi connectivity index (χ4v) is 5.81. The predicted octanol–water partition coefficient (Wildman–Crippen LogP) is 4.38. The van der Waals surface area contributed by atoms with Crippen molar-refractivity contribution in [1.29, 1.82) is 0 Å². The molecule has 2 aliphatic rings. The SMILES string of the molecule is C[C@@H]1CN(c2ncc(-c3ccc(N4C[C@@H](C)N(C)[C@@H](C)C4)c(NC(=O)c4c[nH]c(=O)cc4C(F)(F)F)c3F)cn2)C[C@H](C)O1. The number of aromatic nitrogens is 3. The van der Waals surface area contributed by atoms with E-state index in [1.54, 1.807) is 12.1 Å². The second-order valence-electron chi connectivity index (χ2n) is 11.6. The highest BCUT2D eigenvalue weighted by atomic mass is 19.4. The zero-order valence-corrected chi connectivity index (χ0v) is 25.1. The van der Waals surface area contributed by atoms with E-state index < -0.39 is 34.6 Å². The van der Waals surface area contributed by atoms with E-state index in [1.807, 2.05) is 44.5 Å². The first-order valence-electron chi connectivity index (χ1n) is 14.4. The summed E-state index contributed by atoms with van der Waals surface area (Å²) in [6, 6.07) is 3.64. The van der Waals surface area contributed by atoms with Crippen LogP contribution in [0.2, 0.25) is 0 Å². The molecule has 3 aromatic rings. The second-order valence-corrected chi connectivity index (χ2v) is 11.6. The average Bonchev–Trinajstić information content (AvgIpc) is 2.95. The summed E-state index contributed by atoms with van der Waals surface area (Å²) in [6.07, 6.45) is -1.39. The van der Waals surface area contributed by atoms with Crippen molar-refractivity contribution in [2.75, 3.05) is 48.3 Å². The molecule has 0 bridgehead atoms. The van der Waals surface area contributed by atoms with Crippen LogP contribution >= 0.6 is 0 Å². The van der Waals surface area contributed by atoms with Gasteiger partial charge in [0.2, 0.25) is 11.5 Å². The maximum absolute atomic E-state index is 16.5. The molecule has 5 rings (SSSR count). The minimum atomic E-state index is -4.98. The molecule has 2 aromatic heterocycles. The molecule has 4 atom stereocenters. The molecule has 44 heavy (non-hydrogen) atoms. The first-order chi connectivity index (χ1) is 20.7. The van der Waals surface area contributed by atoms with Gasteiger partial charge >= 0.3 is 6.18 Å². The van der Waals surface area contributed by atoms with Crippen molar-refractivity contribution in [3.8, 4) is 11.1 Å². The highest BCUT2D eigenvalue weighted by Gasteiger charge is 2.37. The Morgan fingerprint density at radius 1 is 1.00 bits per heavy atom. The lowest BCUT2D eigenvalue weighted by molar-refractivity contribution is -0.138. The number of amides is 1. The van der Waals surface area contributed by atoms with Gasteiger partial charge in [0.05, 0.1) is 29.0 Å². The van der Waals surface area contributed by atoms with E-state index in [9.17, 15) is 22.8 Å². The van der Waals surface area contributed by atoms with Gasteiger partial charge in [0.15, 0.2) is 5.82 Å². The number of pyridine rings is 1. The normalized spacial score (nSPS) is 23.1. The molecular formula is C30H35F4N7O3. The Bertz CT molecular complexity index is 1560. The van der Waals surface area contributed by atoms with Crippen LogP contribution in [-0.4, -0.2) is 83.3 Å². The number of nitrogens with zero attached hydrogens (tertiary/aromatic N) is 5. The molecular weight excluding hydrogens is 582 g/mol. The Morgan fingerprint density at radius 2 is 1.61 bits per heavy atom. The lowest BCUT2D eigenvalue weighted by Gasteiger charge is -2.44. The molecule has 1 amide bonds. The van der Waals surface area contributed by atoms with Crippen molar-refractivity contribution in [3.63, 3.8) is 0 Å². The van der Waals surface area contributed by atoms with E-state index in [4.69, 9.17) is 4.74 Å². The molecule has 2 saturated heterocycles. The molecule has 0 spiro atoms. The van der Waals surface area contributed by atoms with Gasteiger partial charge in [0.1, 0.15) is 5.69 Å². The number of halogens is 4. The highest BCUT2D eigenvalue weighted by Crippen LogP contribution is 2.38. The number of benzene rings is 1. The van der Waals surface area contributed by atoms with Gasteiger partial charge in [-0.3, -0.25) is 14.5 Å². The summed E-state index contributed by atoms with van der Waals surface area (Å²) in [5, 5.41) is 2.39. The number of hydrogen-bond donors (Lipinski definition) is 2. The fraction of sp³-hybridized carbons (Fsp3) is 0.467. The summed E-state index contributed by atoms with van der Waals surface area (Å²) >= 11 is 0. The Hall–Kier alpha value is -4.04. The van der Waals surface area contributed by atoms with Crippen LogP contribution in [0.25, 0.3) is 11.1 Å². The number of ether oxygens (including phenoxy) is 1. The van der Waals surface area contributed by atoms with Crippen LogP contribution in [-0.2, 0) is 10.9 Å². The Kier molecular flexibility index (Phi) is 8.67. The zero-order valence-electron chi connectivity index (χ0n) is 25.1. The third-order valence-electron chi connectivity index (χ3n) is 8.18. The van der Waals surface area contributed by atoms with Gasteiger partial charge in [0.25, 0.3) is 5.91 Å². The molecule has 4 heterocycles. The predicted molar refractivity (Wildman–Crippen MR) is 159 cm³/mol. The molecule has 236 valence electrons. The summed E-state index contributed by atoms with van der Waals surface area (Å²) in [7, 11) is 1.98. The maximum Gasteiger partial charge on any atom is 0.417 e. The number of aromatic amines is 1. The van der Waals surface area contributed by atoms with Gasteiger partial charge < -0.3 is 24.8 Å². The maximum atomic E-state index is 16.5. The van der Waals surface area contributed by atoms with Crippen LogP contribution < -0.4 is 20.7 Å². The summed E-state index contributed by atoms with van der Waals surface area (Å²) in [5.74, 6) is -1.61. The van der Waals surface area contributed by atoms with Crippen molar-refractivity contribution in [2.24, 2.45) is 0 Å². The lowest BCUT2D eigenvalue weighted by Crippen LogP contribution is -2.55. The summed E-state index contributed by atoms with van der Waals surface area (Å²) < 4.78 is 63.5. The Morgan fingerprint density at radius 3 is 2.20 bits per heavy atom. The fourth-order valence-electron chi connectivity index (χ4n) is 5.81. The van der Waals surface area contributed by atoms with Crippen molar-refractivity contribution < 1.29 is 27.1 Å². The molecule has 2 aliphatic heterocycles. The van der Waals surface area contributed by atoms with Crippen LogP contribution in [0.15, 0.2) is 41.6 Å². The second kappa shape index (κ2) is 12.2. The molecule has 0 saturated carbocycles. The van der Waals surface area contributed by atoms with Gasteiger partial charge in [-0.05, 0) is 46.9 Å². The lowest BCUT2D eigenvalue weighted by atomic mass is 10.0. The van der Waals surface area contributed by atoms with Gasteiger partial charge in [-0.15, -0.1) is 0 Å². The van der Waals surface area contributed by atoms with Gasteiger partial charge in [0, 0.05) is 74.0 Å². The van der Waals surface area contributed by atoms with Gasteiger partial charge in [-0.1, -0.05) is 0 Å². The van der Waals surface area contributed by atoms with Gasteiger partial charge in [-0.2, -0.15) is 13.2 Å². The number of alkyl halides is 3. The molecule has 0 unspecified atom stereocenters. The minimum absolute atomic E-state index is 0.0153. The molecule has 10 nitrogen and oxygen atoms in total. The molecule has 0 aliphatic carbocycles. The van der Waals surface area contributed by atoms with Crippen LogP contribution in [0, 0.1) is 5.82 Å². The van der Waals surface area contributed by atoms with Gasteiger partial charge in [-0.25, -0.2) is 14.4 Å². The minimum Gasteiger partial charge on any atom is -0.372 e. The number of nitrogens with one attached hydrogen (secondary N) is 2. The topological polar surface area (TPSA) is 107 Å². The number of hydrogen-bond acceptors (Lipinski definition) is 8. The van der Waals surface area contributed by atoms with E-state index in [1.165, 1.54) is 12.4 Å². The van der Waals surface area contributed by atoms with E-state index >= 15 is 4.39 Å². The highest BCUT2D eigenvalue weighted by molar-refractivity contribution is 6.07. The smallest absolute Gasteiger partial charge is 0.372 e. The molecule has 0 radical (unpaired) electrons. The number of piperazine rings is 1. The quantitative estimate of drug-likeness (QED) is 0.407. The summed E-state index contributed by atoms with van der Waals surface area (Å²) in [4.78, 5) is 42.0. The van der Waals surface area contributed by atoms with E-state index in [2.05, 4.69) is 25.2 Å². The van der Waals surface area contributed by atoms with Crippen LogP contribution in [0.5, 0.6) is 0 Å². The number of carbonyl (C=O) groups excluding carboxylic acids is 1. The summed E-state index contributed by atoms with van der Waals surface area (Å²) in [6.45, 7) is 10.1. The standard InChI is InChI=1S/C30H35F4N7O3/c1-16-12-40(13-17(2)39(16)5)24-7-6-21(20-9-36-29(37-10-20)41-14-18(3)44-19(4)15-41)26(31)27(24)38-28(43)22-11-35-25(42)8-23(22)30(32,33)34/h6-11,16-19H,12-15H2,1-5H3,(H,35,42)(H,38,43)/t16-,17+,18-,19+. The zero-order chi connectivity index (χ0) is 31.9. The molecule has 14 heteroatoms. The number of morpholine rings is 1. The van der Waals surface area contributed by atoms with Crippen molar-refractivity contribution >= 4 is 23.2 Å². The number of anilines is 3. The van der Waals surface area contributed by atoms with E-state index in [0.29, 0.717) is 55.6 Å². The summed E-state index contributed by atoms with van der Waals surface area (Å²) in [5.41, 5.74) is -2.86. The Labute approximate surface area is 252 Å². The van der Waals surface area contributed by atoms with E-state index in [0.717, 1.165) is 0 Å². The largest absolute Gasteiger partial charge is 0.417 e. The van der Waals surface area contributed by atoms with Crippen LogP contribution in [0.4, 0.5) is 34.9 Å².